The van der Waals surface area contributed by atoms with E-state index < -0.39 is 0 Å². The molecule has 2 saturated carbocycles. The minimum Gasteiger partial charge on any atom is -0.309 e. The molecule has 0 amide bonds. The molecule has 2 fully saturated rings. The van der Waals surface area contributed by atoms with Crippen LogP contribution >= 0.6 is 11.3 Å². The van der Waals surface area contributed by atoms with E-state index in [9.17, 15) is 0 Å². The second-order valence-electron chi connectivity index (χ2n) is 7.04. The first-order valence-electron chi connectivity index (χ1n) is 8.58. The number of rotatable bonds is 4. The lowest BCUT2D eigenvalue weighted by Gasteiger charge is -2.22. The van der Waals surface area contributed by atoms with E-state index in [-0.39, 0.29) is 0 Å². The summed E-state index contributed by atoms with van der Waals surface area (Å²) in [6.07, 6.45) is 11.0. The highest BCUT2D eigenvalue weighted by molar-refractivity contribution is 7.11. The Kier molecular flexibility index (Phi) is 3.59. The first kappa shape index (κ1) is 13.3. The molecule has 3 aliphatic rings. The van der Waals surface area contributed by atoms with Crippen LogP contribution in [0.3, 0.4) is 0 Å². The zero-order valence-electron chi connectivity index (χ0n) is 12.5. The molecule has 1 aromatic rings. The molecule has 0 aromatic carbocycles. The lowest BCUT2D eigenvalue weighted by atomic mass is 9.89. The summed E-state index contributed by atoms with van der Waals surface area (Å²) in [6.45, 7) is 3.38. The molecular formula is C17H26N2S. The highest BCUT2D eigenvalue weighted by atomic mass is 32.1. The Morgan fingerprint density at radius 2 is 2.20 bits per heavy atom. The third kappa shape index (κ3) is 2.23. The fourth-order valence-electron chi connectivity index (χ4n) is 4.66. The van der Waals surface area contributed by atoms with Crippen molar-refractivity contribution in [3.8, 4) is 0 Å². The molecule has 1 heterocycles. The predicted octanol–water partition coefficient (Wildman–Crippen LogP) is 4.42. The minimum absolute atomic E-state index is 0.544. The topological polar surface area (TPSA) is 24.9 Å². The van der Waals surface area contributed by atoms with Crippen LogP contribution < -0.4 is 5.32 Å². The molecule has 0 aliphatic heterocycles. The fourth-order valence-corrected chi connectivity index (χ4v) is 6.04. The van der Waals surface area contributed by atoms with E-state index in [1.165, 1.54) is 62.1 Å². The largest absolute Gasteiger partial charge is 0.309 e. The van der Waals surface area contributed by atoms with Gasteiger partial charge < -0.3 is 5.32 Å². The van der Waals surface area contributed by atoms with Crippen molar-refractivity contribution < 1.29 is 0 Å². The number of aromatic nitrogens is 1. The maximum Gasteiger partial charge on any atom is 0.0965 e. The summed E-state index contributed by atoms with van der Waals surface area (Å²) in [5, 5.41) is 5.20. The van der Waals surface area contributed by atoms with E-state index in [4.69, 9.17) is 4.98 Å². The predicted molar refractivity (Wildman–Crippen MR) is 84.3 cm³/mol. The molecule has 0 radical (unpaired) electrons. The molecule has 4 atom stereocenters. The van der Waals surface area contributed by atoms with Crippen molar-refractivity contribution in [2.45, 2.75) is 70.3 Å². The second-order valence-corrected chi connectivity index (χ2v) is 8.16. The van der Waals surface area contributed by atoms with Crippen molar-refractivity contribution in [3.05, 3.63) is 15.6 Å². The van der Waals surface area contributed by atoms with Gasteiger partial charge in [0.05, 0.1) is 16.7 Å². The van der Waals surface area contributed by atoms with Gasteiger partial charge in [-0.15, -0.1) is 11.3 Å². The van der Waals surface area contributed by atoms with E-state index in [1.54, 1.807) is 4.88 Å². The summed E-state index contributed by atoms with van der Waals surface area (Å²) in [5.74, 6) is 2.81. The van der Waals surface area contributed by atoms with Crippen LogP contribution in [0.4, 0.5) is 0 Å². The van der Waals surface area contributed by atoms with Gasteiger partial charge in [0, 0.05) is 10.8 Å². The standard InChI is InChI=1S/C17H26N2S/c1-2-8-18-14-4-3-5-15-16(14)19-17(20-15)13-10-11-6-7-12(13)9-11/h11-14,18H,2-10H2,1H3. The Labute approximate surface area is 126 Å². The Hall–Kier alpha value is -0.410. The average Bonchev–Trinajstić information content (AvgIpc) is 3.18. The maximum atomic E-state index is 5.14. The average molecular weight is 290 g/mol. The second kappa shape index (κ2) is 5.42. The van der Waals surface area contributed by atoms with Crippen molar-refractivity contribution in [1.29, 1.82) is 0 Å². The van der Waals surface area contributed by atoms with Crippen molar-refractivity contribution in [3.63, 3.8) is 0 Å². The van der Waals surface area contributed by atoms with Crippen molar-refractivity contribution in [1.82, 2.24) is 10.3 Å². The van der Waals surface area contributed by atoms with Crippen LogP contribution in [0.2, 0.25) is 0 Å². The molecule has 1 aromatic heterocycles. The highest BCUT2D eigenvalue weighted by Crippen LogP contribution is 2.54. The lowest BCUT2D eigenvalue weighted by molar-refractivity contribution is 0.414. The van der Waals surface area contributed by atoms with E-state index in [2.05, 4.69) is 23.6 Å². The number of fused-ring (bicyclic) bond motifs is 3. The first-order chi connectivity index (χ1) is 9.85. The normalized spacial score (nSPS) is 35.5. The molecule has 4 rings (SSSR count). The summed E-state index contributed by atoms with van der Waals surface area (Å²) < 4.78 is 0. The van der Waals surface area contributed by atoms with E-state index >= 15 is 0 Å². The number of nitrogens with zero attached hydrogens (tertiary/aromatic N) is 1. The lowest BCUT2D eigenvalue weighted by Crippen LogP contribution is -2.25. The fraction of sp³-hybridized carbons (Fsp3) is 0.824. The van der Waals surface area contributed by atoms with Gasteiger partial charge in [0.1, 0.15) is 0 Å². The van der Waals surface area contributed by atoms with Crippen molar-refractivity contribution in [2.24, 2.45) is 11.8 Å². The molecule has 110 valence electrons. The molecule has 2 nitrogen and oxygen atoms in total. The zero-order chi connectivity index (χ0) is 13.5. The number of thiazole rings is 1. The third-order valence-electron chi connectivity index (χ3n) is 5.67. The van der Waals surface area contributed by atoms with Crippen molar-refractivity contribution in [2.75, 3.05) is 6.54 Å². The summed E-state index contributed by atoms with van der Waals surface area (Å²) in [6, 6.07) is 0.544. The summed E-state index contributed by atoms with van der Waals surface area (Å²) in [7, 11) is 0. The Bertz CT molecular complexity index is 481. The molecular weight excluding hydrogens is 264 g/mol. The van der Waals surface area contributed by atoms with Gasteiger partial charge in [-0.1, -0.05) is 13.3 Å². The van der Waals surface area contributed by atoms with Gasteiger partial charge in [0.15, 0.2) is 0 Å². The SMILES string of the molecule is CCCNC1CCCc2sc(C3CC4CCC3C4)nc21. The van der Waals surface area contributed by atoms with Crippen LogP contribution in [0, 0.1) is 11.8 Å². The molecule has 0 saturated heterocycles. The van der Waals surface area contributed by atoms with Crippen LogP contribution in [-0.2, 0) is 6.42 Å². The number of hydrogen-bond acceptors (Lipinski definition) is 3. The van der Waals surface area contributed by atoms with Gasteiger partial charge in [-0.25, -0.2) is 4.98 Å². The van der Waals surface area contributed by atoms with Crippen LogP contribution in [0.5, 0.6) is 0 Å². The van der Waals surface area contributed by atoms with Crippen molar-refractivity contribution >= 4 is 11.3 Å². The monoisotopic (exact) mass is 290 g/mol. The molecule has 0 spiro atoms. The summed E-state index contributed by atoms with van der Waals surface area (Å²) >= 11 is 2.06. The Balaban J connectivity index is 1.56. The van der Waals surface area contributed by atoms with E-state index in [1.807, 2.05) is 0 Å². The van der Waals surface area contributed by atoms with Gasteiger partial charge in [-0.05, 0) is 63.3 Å². The van der Waals surface area contributed by atoms with E-state index in [0.29, 0.717) is 6.04 Å². The van der Waals surface area contributed by atoms with Gasteiger partial charge in [-0.3, -0.25) is 0 Å². The molecule has 3 heteroatoms. The Morgan fingerprint density at radius 1 is 1.25 bits per heavy atom. The first-order valence-corrected chi connectivity index (χ1v) is 9.39. The third-order valence-corrected chi connectivity index (χ3v) is 6.93. The quantitative estimate of drug-likeness (QED) is 0.887. The number of hydrogen-bond donors (Lipinski definition) is 1. The van der Waals surface area contributed by atoms with Crippen LogP contribution in [0.15, 0.2) is 0 Å². The minimum atomic E-state index is 0.544. The van der Waals surface area contributed by atoms with Gasteiger partial charge in [-0.2, -0.15) is 0 Å². The molecule has 20 heavy (non-hydrogen) atoms. The maximum absolute atomic E-state index is 5.14. The zero-order valence-corrected chi connectivity index (χ0v) is 13.3. The summed E-state index contributed by atoms with van der Waals surface area (Å²) in [4.78, 5) is 6.74. The Morgan fingerprint density at radius 3 is 2.95 bits per heavy atom. The van der Waals surface area contributed by atoms with Crippen LogP contribution in [0.1, 0.15) is 79.4 Å². The van der Waals surface area contributed by atoms with Gasteiger partial charge in [0.25, 0.3) is 0 Å². The van der Waals surface area contributed by atoms with E-state index in [0.717, 1.165) is 24.3 Å². The smallest absolute Gasteiger partial charge is 0.0965 e. The van der Waals surface area contributed by atoms with Crippen LogP contribution in [-0.4, -0.2) is 11.5 Å². The van der Waals surface area contributed by atoms with Gasteiger partial charge >= 0.3 is 0 Å². The van der Waals surface area contributed by atoms with Gasteiger partial charge in [0.2, 0.25) is 0 Å². The van der Waals surface area contributed by atoms with Crippen LogP contribution in [0.25, 0.3) is 0 Å². The number of nitrogens with one attached hydrogen (secondary N) is 1. The number of aryl methyl sites for hydroxylation is 1. The molecule has 1 N–H and O–H groups in total. The highest BCUT2D eigenvalue weighted by Gasteiger charge is 2.42. The summed E-state index contributed by atoms with van der Waals surface area (Å²) in [5.41, 5.74) is 1.42. The molecule has 4 unspecified atom stereocenters. The molecule has 3 aliphatic carbocycles. The molecule has 2 bridgehead atoms.